The van der Waals surface area contributed by atoms with Crippen LogP contribution in [0.2, 0.25) is 5.02 Å². The zero-order valence-corrected chi connectivity index (χ0v) is 16.7. The van der Waals surface area contributed by atoms with Crippen LogP contribution in [0.4, 0.5) is 10.1 Å². The number of thioether (sulfide) groups is 1. The van der Waals surface area contributed by atoms with Gasteiger partial charge in [-0.3, -0.25) is 9.69 Å². The molecule has 142 valence electrons. The Labute approximate surface area is 172 Å². The van der Waals surface area contributed by atoms with E-state index < -0.39 is 5.92 Å². The second kappa shape index (κ2) is 7.50. The van der Waals surface area contributed by atoms with Gasteiger partial charge in [-0.25, -0.2) is 4.39 Å². The van der Waals surface area contributed by atoms with E-state index in [0.29, 0.717) is 33.7 Å². The van der Waals surface area contributed by atoms with Crippen LogP contribution in [0.3, 0.4) is 0 Å². The van der Waals surface area contributed by atoms with Gasteiger partial charge in [0.1, 0.15) is 5.82 Å². The van der Waals surface area contributed by atoms with E-state index in [9.17, 15) is 14.4 Å². The minimum absolute atomic E-state index is 0.0707. The first kappa shape index (κ1) is 18.9. The summed E-state index contributed by atoms with van der Waals surface area (Å²) in [7, 11) is 0. The lowest BCUT2D eigenvalue weighted by Crippen LogP contribution is -2.47. The summed E-state index contributed by atoms with van der Waals surface area (Å²) in [5.41, 5.74) is 3.11. The number of halogens is 2. The number of rotatable bonds is 2. The van der Waals surface area contributed by atoms with Crippen molar-refractivity contribution in [3.8, 4) is 6.07 Å². The fourth-order valence-electron chi connectivity index (χ4n) is 3.51. The van der Waals surface area contributed by atoms with Crippen molar-refractivity contribution in [1.82, 2.24) is 4.90 Å². The third kappa shape index (κ3) is 3.36. The van der Waals surface area contributed by atoms with Gasteiger partial charge in [-0.1, -0.05) is 41.6 Å². The van der Waals surface area contributed by atoms with Crippen LogP contribution in [-0.4, -0.2) is 23.4 Å². The van der Waals surface area contributed by atoms with Crippen molar-refractivity contribution in [2.45, 2.75) is 19.3 Å². The van der Waals surface area contributed by atoms with E-state index in [4.69, 9.17) is 11.6 Å². The normalized spacial score (nSPS) is 19.5. The first-order valence-corrected chi connectivity index (χ1v) is 10.2. The number of hydrogen-bond acceptors (Lipinski definition) is 4. The molecule has 1 saturated heterocycles. The zero-order chi connectivity index (χ0) is 19.8. The van der Waals surface area contributed by atoms with E-state index in [1.54, 1.807) is 17.0 Å². The maximum atomic E-state index is 13.7. The van der Waals surface area contributed by atoms with E-state index in [-0.39, 0.29) is 18.1 Å². The van der Waals surface area contributed by atoms with Gasteiger partial charge in [-0.05, 0) is 42.3 Å². The molecule has 2 aromatic carbocycles. The number of fused-ring (bicyclic) bond motifs is 1. The van der Waals surface area contributed by atoms with Crippen molar-refractivity contribution in [3.05, 3.63) is 75.0 Å². The van der Waals surface area contributed by atoms with Gasteiger partial charge in [0.05, 0.1) is 29.2 Å². The van der Waals surface area contributed by atoms with E-state index in [0.717, 1.165) is 11.3 Å². The Bertz CT molecular complexity index is 1030. The summed E-state index contributed by atoms with van der Waals surface area (Å²) in [5.74, 6) is -0.251. The first-order valence-electron chi connectivity index (χ1n) is 8.82. The quantitative estimate of drug-likeness (QED) is 0.694. The third-order valence-electron chi connectivity index (χ3n) is 5.07. The van der Waals surface area contributed by atoms with Crippen LogP contribution >= 0.6 is 23.4 Å². The smallest absolute Gasteiger partial charge is 0.229 e. The first-order chi connectivity index (χ1) is 13.5. The number of aryl methyl sites for hydroxylation is 1. The number of allylic oxidation sites excluding steroid dienone is 1. The summed E-state index contributed by atoms with van der Waals surface area (Å²) in [6.07, 6.45) is 0.152. The molecular formula is C21H17ClFN3OS. The minimum Gasteiger partial charge on any atom is -0.344 e. The molecule has 28 heavy (non-hydrogen) atoms. The van der Waals surface area contributed by atoms with Gasteiger partial charge in [0.2, 0.25) is 5.91 Å². The Kier molecular flexibility index (Phi) is 5.05. The molecule has 1 amide bonds. The summed E-state index contributed by atoms with van der Waals surface area (Å²) < 4.78 is 13.7. The van der Waals surface area contributed by atoms with Crippen LogP contribution < -0.4 is 4.90 Å². The van der Waals surface area contributed by atoms with Crippen LogP contribution in [0.1, 0.15) is 23.5 Å². The van der Waals surface area contributed by atoms with Crippen molar-refractivity contribution in [2.75, 3.05) is 17.4 Å². The molecule has 0 saturated carbocycles. The molecule has 0 radical (unpaired) electrons. The maximum absolute atomic E-state index is 13.7. The van der Waals surface area contributed by atoms with E-state index in [1.165, 1.54) is 23.9 Å². The number of anilines is 1. The molecule has 7 heteroatoms. The second-order valence-corrected chi connectivity index (χ2v) is 8.19. The summed E-state index contributed by atoms with van der Waals surface area (Å²) >= 11 is 7.70. The molecule has 1 fully saturated rings. The monoisotopic (exact) mass is 413 g/mol. The van der Waals surface area contributed by atoms with Gasteiger partial charge < -0.3 is 4.90 Å². The molecule has 4 nitrogen and oxygen atoms in total. The van der Waals surface area contributed by atoms with Crippen LogP contribution in [0.15, 0.2) is 53.1 Å². The number of benzene rings is 2. The van der Waals surface area contributed by atoms with Gasteiger partial charge in [-0.2, -0.15) is 5.26 Å². The van der Waals surface area contributed by atoms with Crippen molar-refractivity contribution in [2.24, 2.45) is 0 Å². The second-order valence-electron chi connectivity index (χ2n) is 6.85. The van der Waals surface area contributed by atoms with Crippen LogP contribution in [0.25, 0.3) is 0 Å². The average molecular weight is 414 g/mol. The number of amides is 1. The lowest BCUT2D eigenvalue weighted by molar-refractivity contribution is -0.129. The van der Waals surface area contributed by atoms with Gasteiger partial charge in [-0.15, -0.1) is 0 Å². The fraction of sp³-hybridized carbons (Fsp3) is 0.238. The van der Waals surface area contributed by atoms with Gasteiger partial charge in [0.15, 0.2) is 0 Å². The zero-order valence-electron chi connectivity index (χ0n) is 15.2. The summed E-state index contributed by atoms with van der Waals surface area (Å²) in [4.78, 5) is 16.6. The molecule has 2 heterocycles. The lowest BCUT2D eigenvalue weighted by atomic mass is 9.86. The predicted octanol–water partition coefficient (Wildman–Crippen LogP) is 5.01. The largest absolute Gasteiger partial charge is 0.344 e. The Morgan fingerprint density at radius 3 is 2.82 bits per heavy atom. The minimum atomic E-state index is -0.410. The Hall–Kier alpha value is -2.49. The Morgan fingerprint density at radius 2 is 2.11 bits per heavy atom. The highest BCUT2D eigenvalue weighted by atomic mass is 35.5. The fourth-order valence-corrected chi connectivity index (χ4v) is 4.85. The van der Waals surface area contributed by atoms with E-state index in [1.807, 2.05) is 25.1 Å². The molecule has 1 atom stereocenters. The van der Waals surface area contributed by atoms with Crippen molar-refractivity contribution in [3.63, 3.8) is 0 Å². The molecule has 2 aliphatic heterocycles. The van der Waals surface area contributed by atoms with Gasteiger partial charge >= 0.3 is 0 Å². The lowest BCUT2D eigenvalue weighted by Gasteiger charge is -2.42. The van der Waals surface area contributed by atoms with Gasteiger partial charge in [0, 0.05) is 23.0 Å². The van der Waals surface area contributed by atoms with E-state index in [2.05, 4.69) is 11.0 Å². The third-order valence-corrected chi connectivity index (χ3v) is 6.63. The van der Waals surface area contributed by atoms with Crippen LogP contribution in [-0.2, 0) is 4.79 Å². The van der Waals surface area contributed by atoms with Crippen molar-refractivity contribution in [1.29, 1.82) is 5.26 Å². The average Bonchev–Trinajstić information content (AvgIpc) is 2.70. The highest BCUT2D eigenvalue weighted by molar-refractivity contribution is 8.03. The summed E-state index contributed by atoms with van der Waals surface area (Å²) in [5, 5.41) is 11.1. The summed E-state index contributed by atoms with van der Waals surface area (Å²) in [6.45, 7) is 2.30. The SMILES string of the molecule is Cc1ccc(N2CSC3=C(C#N)[C@@H](c4cccc(F)c4)CC(=O)N3C2)cc1Cl. The molecule has 2 aromatic rings. The number of nitriles is 1. The Morgan fingerprint density at radius 1 is 1.29 bits per heavy atom. The maximum Gasteiger partial charge on any atom is 0.229 e. The molecule has 0 aliphatic carbocycles. The molecule has 0 bridgehead atoms. The van der Waals surface area contributed by atoms with Crippen LogP contribution in [0, 0.1) is 24.1 Å². The highest BCUT2D eigenvalue weighted by Crippen LogP contribution is 2.43. The summed E-state index contributed by atoms with van der Waals surface area (Å²) in [6, 6.07) is 14.2. The molecule has 0 N–H and O–H groups in total. The number of carbonyl (C=O) groups excluding carboxylic acids is 1. The van der Waals surface area contributed by atoms with Crippen LogP contribution in [0.5, 0.6) is 0 Å². The Balaban J connectivity index is 1.67. The molecule has 0 aromatic heterocycles. The number of hydrogen-bond donors (Lipinski definition) is 0. The highest BCUT2D eigenvalue weighted by Gasteiger charge is 2.38. The molecule has 0 unspecified atom stereocenters. The van der Waals surface area contributed by atoms with E-state index >= 15 is 0 Å². The topological polar surface area (TPSA) is 47.3 Å². The molecule has 2 aliphatic rings. The molecule has 0 spiro atoms. The number of nitrogens with zero attached hydrogens (tertiary/aromatic N) is 3. The molecule has 4 rings (SSSR count). The molecular weight excluding hydrogens is 397 g/mol. The standard InChI is InChI=1S/C21H17ClFN3OS/c1-13-5-6-16(8-19(13)22)25-11-26-20(27)9-17(14-3-2-4-15(23)7-14)18(10-24)21(26)28-12-25/h2-8,17H,9,11-12H2,1H3/t17-/m1/s1. The van der Waals surface area contributed by atoms with Crippen molar-refractivity contribution < 1.29 is 9.18 Å². The van der Waals surface area contributed by atoms with Crippen molar-refractivity contribution >= 4 is 35.0 Å². The number of carbonyl (C=O) groups is 1. The van der Waals surface area contributed by atoms with Gasteiger partial charge in [0.25, 0.3) is 0 Å². The predicted molar refractivity (Wildman–Crippen MR) is 109 cm³/mol.